The monoisotopic (exact) mass is 278 g/mol. The molecule has 1 N–H and O–H groups in total. The van der Waals surface area contributed by atoms with Crippen LogP contribution in [0.4, 0.5) is 0 Å². The van der Waals surface area contributed by atoms with Crippen LogP contribution in [0.2, 0.25) is 0 Å². The zero-order chi connectivity index (χ0) is 10.3. The summed E-state index contributed by atoms with van der Waals surface area (Å²) in [4.78, 5) is 7.67. The summed E-state index contributed by atoms with van der Waals surface area (Å²) in [6.45, 7) is 0. The van der Waals surface area contributed by atoms with Crippen molar-refractivity contribution in [2.45, 2.75) is 0 Å². The molecule has 15 heavy (non-hydrogen) atoms. The predicted molar refractivity (Wildman–Crippen MR) is 67.1 cm³/mol. The second kappa shape index (κ2) is 3.47. The Bertz CT molecular complexity index is 579. The summed E-state index contributed by atoms with van der Waals surface area (Å²) in [5, 5.41) is 2.23. The zero-order valence-electron chi connectivity index (χ0n) is 7.70. The molecule has 0 aliphatic heterocycles. The molecule has 4 heteroatoms. The summed E-state index contributed by atoms with van der Waals surface area (Å²) in [5.41, 5.74) is 2.23. The van der Waals surface area contributed by atoms with E-state index in [-0.39, 0.29) is 0 Å². The summed E-state index contributed by atoms with van der Waals surface area (Å²) in [6.07, 6.45) is 1.82. The molecule has 2 heterocycles. The van der Waals surface area contributed by atoms with Gasteiger partial charge in [0.1, 0.15) is 5.01 Å². The molecule has 3 aromatic rings. The molecule has 2 aromatic heterocycles. The first-order valence-corrected chi connectivity index (χ1v) is 6.13. The van der Waals surface area contributed by atoms with Crippen molar-refractivity contribution in [2.75, 3.05) is 0 Å². The van der Waals surface area contributed by atoms with Crippen LogP contribution in [0.3, 0.4) is 0 Å². The molecule has 0 spiro atoms. The van der Waals surface area contributed by atoms with Crippen LogP contribution in [0, 0.1) is 0 Å². The molecule has 0 aliphatic rings. The third-order valence-corrected chi connectivity index (χ3v) is 3.75. The number of fused-ring (bicyclic) bond motifs is 1. The highest BCUT2D eigenvalue weighted by molar-refractivity contribution is 9.11. The van der Waals surface area contributed by atoms with E-state index in [0.29, 0.717) is 0 Å². The number of nitrogens with one attached hydrogen (secondary N) is 1. The Hall–Kier alpha value is -1.13. The topological polar surface area (TPSA) is 28.7 Å². The number of para-hydroxylation sites is 1. The van der Waals surface area contributed by atoms with Crippen molar-refractivity contribution in [1.82, 2.24) is 9.97 Å². The molecular formula is C11H7BrN2S. The Morgan fingerprint density at radius 2 is 2.13 bits per heavy atom. The first-order chi connectivity index (χ1) is 7.33. The molecule has 0 bridgehead atoms. The van der Waals surface area contributed by atoms with Gasteiger partial charge in [0.2, 0.25) is 0 Å². The van der Waals surface area contributed by atoms with Gasteiger partial charge >= 0.3 is 0 Å². The van der Waals surface area contributed by atoms with Crippen LogP contribution in [0.5, 0.6) is 0 Å². The lowest BCUT2D eigenvalue weighted by molar-refractivity contribution is 1.36. The lowest BCUT2D eigenvalue weighted by atomic mass is 10.2. The molecule has 0 unspecified atom stereocenters. The standard InChI is InChI=1S/C11H7BrN2S/c12-10-6-13-11(15-10)9-5-7-3-1-2-4-8(7)14-9/h1-6,14H. The van der Waals surface area contributed by atoms with E-state index in [2.05, 4.69) is 44.1 Å². The van der Waals surface area contributed by atoms with Gasteiger partial charge in [-0.05, 0) is 28.1 Å². The Balaban J connectivity index is 2.19. The van der Waals surface area contributed by atoms with E-state index in [0.717, 1.165) is 20.0 Å². The second-order valence-corrected chi connectivity index (χ2v) is 5.65. The first kappa shape index (κ1) is 9.12. The Labute approximate surface area is 99.1 Å². The van der Waals surface area contributed by atoms with Gasteiger partial charge in [0.05, 0.1) is 15.7 Å². The second-order valence-electron chi connectivity index (χ2n) is 3.24. The molecule has 0 fully saturated rings. The summed E-state index contributed by atoms with van der Waals surface area (Å²) in [7, 11) is 0. The van der Waals surface area contributed by atoms with Gasteiger partial charge in [-0.2, -0.15) is 0 Å². The van der Waals surface area contributed by atoms with Gasteiger partial charge in [-0.25, -0.2) is 4.98 Å². The highest BCUT2D eigenvalue weighted by atomic mass is 79.9. The van der Waals surface area contributed by atoms with Crippen LogP contribution in [0.25, 0.3) is 21.6 Å². The maximum absolute atomic E-state index is 4.32. The largest absolute Gasteiger partial charge is 0.353 e. The molecule has 0 amide bonds. The van der Waals surface area contributed by atoms with Crippen molar-refractivity contribution in [3.05, 3.63) is 40.3 Å². The van der Waals surface area contributed by atoms with Crippen molar-refractivity contribution in [3.63, 3.8) is 0 Å². The molecule has 0 atom stereocenters. The van der Waals surface area contributed by atoms with Gasteiger partial charge in [0.25, 0.3) is 0 Å². The fourth-order valence-corrected chi connectivity index (χ4v) is 2.75. The van der Waals surface area contributed by atoms with Gasteiger partial charge in [0.15, 0.2) is 0 Å². The Morgan fingerprint density at radius 1 is 1.27 bits per heavy atom. The van der Waals surface area contributed by atoms with Crippen LogP contribution in [0.1, 0.15) is 0 Å². The lowest BCUT2D eigenvalue weighted by Gasteiger charge is -1.87. The van der Waals surface area contributed by atoms with E-state index >= 15 is 0 Å². The lowest BCUT2D eigenvalue weighted by Crippen LogP contribution is -1.72. The van der Waals surface area contributed by atoms with Crippen molar-refractivity contribution in [3.8, 4) is 10.7 Å². The maximum atomic E-state index is 4.32. The normalized spacial score (nSPS) is 11.0. The first-order valence-electron chi connectivity index (χ1n) is 4.52. The van der Waals surface area contributed by atoms with E-state index in [1.165, 1.54) is 5.39 Å². The van der Waals surface area contributed by atoms with Gasteiger partial charge < -0.3 is 4.98 Å². The molecule has 0 saturated carbocycles. The average Bonchev–Trinajstić information content (AvgIpc) is 2.82. The van der Waals surface area contributed by atoms with Crippen molar-refractivity contribution in [2.24, 2.45) is 0 Å². The van der Waals surface area contributed by atoms with E-state index in [4.69, 9.17) is 0 Å². The summed E-state index contributed by atoms with van der Waals surface area (Å²) < 4.78 is 1.05. The number of aromatic amines is 1. The number of hydrogen-bond donors (Lipinski definition) is 1. The van der Waals surface area contributed by atoms with Crippen LogP contribution in [0.15, 0.2) is 40.3 Å². The highest BCUT2D eigenvalue weighted by Gasteiger charge is 2.06. The Morgan fingerprint density at radius 3 is 2.87 bits per heavy atom. The molecule has 2 nitrogen and oxygen atoms in total. The SMILES string of the molecule is Brc1cnc(-c2cc3ccccc3[nH]2)s1. The molecule has 3 rings (SSSR count). The minimum atomic E-state index is 1.01. The van der Waals surface area contributed by atoms with Crippen LogP contribution in [-0.2, 0) is 0 Å². The fraction of sp³-hybridized carbons (Fsp3) is 0. The third kappa shape index (κ3) is 1.60. The van der Waals surface area contributed by atoms with E-state index < -0.39 is 0 Å². The van der Waals surface area contributed by atoms with Gasteiger partial charge in [-0.3, -0.25) is 0 Å². The number of benzene rings is 1. The van der Waals surface area contributed by atoms with Crippen LogP contribution in [-0.4, -0.2) is 9.97 Å². The minimum absolute atomic E-state index is 1.01. The number of aromatic nitrogens is 2. The van der Waals surface area contributed by atoms with Crippen molar-refractivity contribution >= 4 is 38.2 Å². The maximum Gasteiger partial charge on any atom is 0.140 e. The molecule has 0 saturated heterocycles. The summed E-state index contributed by atoms with van der Waals surface area (Å²) >= 11 is 5.05. The summed E-state index contributed by atoms with van der Waals surface area (Å²) in [6, 6.07) is 10.4. The molecule has 0 radical (unpaired) electrons. The number of H-pyrrole nitrogens is 1. The van der Waals surface area contributed by atoms with Gasteiger partial charge in [0, 0.05) is 10.9 Å². The van der Waals surface area contributed by atoms with Gasteiger partial charge in [-0.15, -0.1) is 11.3 Å². The van der Waals surface area contributed by atoms with Crippen LogP contribution < -0.4 is 0 Å². The molecule has 1 aromatic carbocycles. The number of thiazole rings is 1. The molecule has 0 aliphatic carbocycles. The predicted octanol–water partition coefficient (Wildman–Crippen LogP) is 4.05. The van der Waals surface area contributed by atoms with E-state index in [9.17, 15) is 0 Å². The Kier molecular flexibility index (Phi) is 2.11. The minimum Gasteiger partial charge on any atom is -0.353 e. The van der Waals surface area contributed by atoms with Crippen LogP contribution >= 0.6 is 27.3 Å². The third-order valence-electron chi connectivity index (χ3n) is 2.24. The smallest absolute Gasteiger partial charge is 0.140 e. The number of nitrogens with zero attached hydrogens (tertiary/aromatic N) is 1. The molecule has 74 valence electrons. The highest BCUT2D eigenvalue weighted by Crippen LogP contribution is 2.29. The number of halogens is 1. The number of hydrogen-bond acceptors (Lipinski definition) is 2. The van der Waals surface area contributed by atoms with E-state index in [1.807, 2.05) is 18.3 Å². The number of rotatable bonds is 1. The quantitative estimate of drug-likeness (QED) is 0.715. The fourth-order valence-electron chi connectivity index (χ4n) is 1.57. The van der Waals surface area contributed by atoms with Crippen molar-refractivity contribution in [1.29, 1.82) is 0 Å². The molecular weight excluding hydrogens is 272 g/mol. The zero-order valence-corrected chi connectivity index (χ0v) is 10.1. The van der Waals surface area contributed by atoms with E-state index in [1.54, 1.807) is 11.3 Å². The summed E-state index contributed by atoms with van der Waals surface area (Å²) in [5.74, 6) is 0. The van der Waals surface area contributed by atoms with Crippen molar-refractivity contribution < 1.29 is 0 Å². The average molecular weight is 279 g/mol. The van der Waals surface area contributed by atoms with Gasteiger partial charge in [-0.1, -0.05) is 18.2 Å².